The monoisotopic (exact) mass is 329 g/mol. The standard InChI is InChI=1S/C18H19NO5/c1-21-13-7-8-14(22-2)12(9-13)10-19-18(20)17-11-23-15-5-3-4-6-16(15)24-17/h3-9,17H,10-11H2,1-2H3,(H,19,20)/t17-/m1/s1. The van der Waals surface area contributed by atoms with E-state index in [1.807, 2.05) is 24.3 Å². The highest BCUT2D eigenvalue weighted by Gasteiger charge is 2.27. The van der Waals surface area contributed by atoms with Crippen LogP contribution >= 0.6 is 0 Å². The summed E-state index contributed by atoms with van der Waals surface area (Å²) in [4.78, 5) is 12.3. The lowest BCUT2D eigenvalue weighted by atomic mass is 10.2. The van der Waals surface area contributed by atoms with E-state index >= 15 is 0 Å². The number of hydrogen-bond donors (Lipinski definition) is 1. The number of rotatable bonds is 5. The van der Waals surface area contributed by atoms with Crippen LogP contribution in [0.1, 0.15) is 5.56 Å². The molecule has 3 rings (SSSR count). The second kappa shape index (κ2) is 7.12. The van der Waals surface area contributed by atoms with Crippen molar-refractivity contribution in [1.29, 1.82) is 0 Å². The first-order chi connectivity index (χ1) is 11.7. The van der Waals surface area contributed by atoms with Crippen molar-refractivity contribution < 1.29 is 23.7 Å². The molecule has 0 radical (unpaired) electrons. The highest BCUT2D eigenvalue weighted by molar-refractivity contribution is 5.81. The third kappa shape index (κ3) is 3.37. The quantitative estimate of drug-likeness (QED) is 0.910. The van der Waals surface area contributed by atoms with Gasteiger partial charge in [0.05, 0.1) is 14.2 Å². The Bertz CT molecular complexity index is 731. The van der Waals surface area contributed by atoms with Gasteiger partial charge in [-0.05, 0) is 30.3 Å². The van der Waals surface area contributed by atoms with Crippen molar-refractivity contribution in [3.05, 3.63) is 48.0 Å². The Kier molecular flexibility index (Phi) is 4.74. The summed E-state index contributed by atoms with van der Waals surface area (Å²) in [5, 5.41) is 2.85. The van der Waals surface area contributed by atoms with E-state index in [-0.39, 0.29) is 12.5 Å². The minimum absolute atomic E-state index is 0.179. The van der Waals surface area contributed by atoms with Gasteiger partial charge in [-0.15, -0.1) is 0 Å². The van der Waals surface area contributed by atoms with Gasteiger partial charge in [-0.25, -0.2) is 0 Å². The Balaban J connectivity index is 1.64. The lowest BCUT2D eigenvalue weighted by molar-refractivity contribution is -0.130. The second-order valence-corrected chi connectivity index (χ2v) is 5.26. The third-order valence-electron chi connectivity index (χ3n) is 3.74. The summed E-state index contributed by atoms with van der Waals surface area (Å²) in [6, 6.07) is 12.7. The van der Waals surface area contributed by atoms with Crippen LogP contribution < -0.4 is 24.3 Å². The number of ether oxygens (including phenoxy) is 4. The van der Waals surface area contributed by atoms with E-state index in [4.69, 9.17) is 18.9 Å². The fourth-order valence-electron chi connectivity index (χ4n) is 2.46. The van der Waals surface area contributed by atoms with Gasteiger partial charge in [0.1, 0.15) is 18.1 Å². The van der Waals surface area contributed by atoms with Gasteiger partial charge in [0, 0.05) is 12.1 Å². The molecule has 0 saturated carbocycles. The number of nitrogens with one attached hydrogen (secondary N) is 1. The Morgan fingerprint density at radius 1 is 1.17 bits per heavy atom. The number of methoxy groups -OCH3 is 2. The zero-order chi connectivity index (χ0) is 16.9. The molecule has 0 bridgehead atoms. The van der Waals surface area contributed by atoms with Crippen molar-refractivity contribution in [2.75, 3.05) is 20.8 Å². The maximum absolute atomic E-state index is 12.3. The lowest BCUT2D eigenvalue weighted by Crippen LogP contribution is -2.43. The molecule has 0 saturated heterocycles. The van der Waals surface area contributed by atoms with Crippen molar-refractivity contribution in [2.45, 2.75) is 12.6 Å². The van der Waals surface area contributed by atoms with Crippen molar-refractivity contribution in [1.82, 2.24) is 5.32 Å². The molecular weight excluding hydrogens is 310 g/mol. The van der Waals surface area contributed by atoms with Crippen LogP contribution in [0.5, 0.6) is 23.0 Å². The molecule has 24 heavy (non-hydrogen) atoms. The number of benzene rings is 2. The number of para-hydroxylation sites is 2. The van der Waals surface area contributed by atoms with Crippen LogP contribution in [0.15, 0.2) is 42.5 Å². The predicted molar refractivity (Wildman–Crippen MR) is 87.7 cm³/mol. The van der Waals surface area contributed by atoms with Gasteiger partial charge in [0.15, 0.2) is 11.5 Å². The normalized spacial score (nSPS) is 15.5. The highest BCUT2D eigenvalue weighted by atomic mass is 16.6. The van der Waals surface area contributed by atoms with Crippen LogP contribution in [0.3, 0.4) is 0 Å². The molecule has 0 fully saturated rings. The van der Waals surface area contributed by atoms with Crippen molar-refractivity contribution in [3.63, 3.8) is 0 Å². The molecule has 1 atom stereocenters. The molecule has 0 aromatic heterocycles. The molecule has 0 spiro atoms. The molecule has 1 amide bonds. The van der Waals surface area contributed by atoms with E-state index < -0.39 is 6.10 Å². The van der Waals surface area contributed by atoms with E-state index in [2.05, 4.69) is 5.32 Å². The molecule has 126 valence electrons. The Labute approximate surface area is 140 Å². The van der Waals surface area contributed by atoms with E-state index in [0.29, 0.717) is 29.5 Å². The first-order valence-corrected chi connectivity index (χ1v) is 7.58. The summed E-state index contributed by atoms with van der Waals surface area (Å²) >= 11 is 0. The van der Waals surface area contributed by atoms with Crippen LogP contribution in [0, 0.1) is 0 Å². The number of carbonyl (C=O) groups is 1. The van der Waals surface area contributed by atoms with Crippen LogP contribution in [0.25, 0.3) is 0 Å². The first-order valence-electron chi connectivity index (χ1n) is 7.58. The summed E-state index contributed by atoms with van der Waals surface area (Å²) in [5.74, 6) is 2.36. The lowest BCUT2D eigenvalue weighted by Gasteiger charge is -2.25. The number of hydrogen-bond acceptors (Lipinski definition) is 5. The van der Waals surface area contributed by atoms with Crippen molar-refractivity contribution in [2.24, 2.45) is 0 Å². The van der Waals surface area contributed by atoms with Crippen molar-refractivity contribution >= 4 is 5.91 Å². The molecular formula is C18H19NO5. The van der Waals surface area contributed by atoms with Crippen LogP contribution in [-0.2, 0) is 11.3 Å². The topological polar surface area (TPSA) is 66.0 Å². The van der Waals surface area contributed by atoms with Gasteiger partial charge in [-0.3, -0.25) is 4.79 Å². The molecule has 1 heterocycles. The van der Waals surface area contributed by atoms with Gasteiger partial charge < -0.3 is 24.3 Å². The first kappa shape index (κ1) is 16.0. The second-order valence-electron chi connectivity index (χ2n) is 5.26. The van der Waals surface area contributed by atoms with E-state index in [1.54, 1.807) is 32.4 Å². The number of carbonyl (C=O) groups excluding carboxylic acids is 1. The van der Waals surface area contributed by atoms with Gasteiger partial charge in [-0.2, -0.15) is 0 Å². The minimum Gasteiger partial charge on any atom is -0.497 e. The van der Waals surface area contributed by atoms with Gasteiger partial charge in [-0.1, -0.05) is 12.1 Å². The number of amides is 1. The Hall–Kier alpha value is -2.89. The van der Waals surface area contributed by atoms with Gasteiger partial charge in [0.25, 0.3) is 5.91 Å². The van der Waals surface area contributed by atoms with Crippen molar-refractivity contribution in [3.8, 4) is 23.0 Å². The molecule has 1 aliphatic heterocycles. The van der Waals surface area contributed by atoms with Crippen LogP contribution in [-0.4, -0.2) is 32.8 Å². The molecule has 0 unspecified atom stereocenters. The molecule has 2 aromatic rings. The highest BCUT2D eigenvalue weighted by Crippen LogP contribution is 2.31. The molecule has 6 heteroatoms. The van der Waals surface area contributed by atoms with Crippen LogP contribution in [0.2, 0.25) is 0 Å². The fraction of sp³-hybridized carbons (Fsp3) is 0.278. The fourth-order valence-corrected chi connectivity index (χ4v) is 2.46. The molecule has 6 nitrogen and oxygen atoms in total. The maximum atomic E-state index is 12.3. The summed E-state index contributed by atoms with van der Waals surface area (Å²) in [6.07, 6.45) is -0.684. The van der Waals surface area contributed by atoms with E-state index in [1.165, 1.54) is 0 Å². The Morgan fingerprint density at radius 2 is 1.96 bits per heavy atom. The zero-order valence-corrected chi connectivity index (χ0v) is 13.6. The van der Waals surface area contributed by atoms with Crippen LogP contribution in [0.4, 0.5) is 0 Å². The maximum Gasteiger partial charge on any atom is 0.264 e. The molecule has 1 N–H and O–H groups in total. The molecule has 2 aromatic carbocycles. The summed E-state index contributed by atoms with van der Waals surface area (Å²) in [7, 11) is 3.18. The Morgan fingerprint density at radius 3 is 2.71 bits per heavy atom. The molecule has 1 aliphatic rings. The molecule has 0 aliphatic carbocycles. The van der Waals surface area contributed by atoms with E-state index in [9.17, 15) is 4.79 Å². The number of fused-ring (bicyclic) bond motifs is 1. The van der Waals surface area contributed by atoms with Gasteiger partial charge >= 0.3 is 0 Å². The largest absolute Gasteiger partial charge is 0.497 e. The minimum atomic E-state index is -0.684. The SMILES string of the molecule is COc1ccc(OC)c(CNC(=O)[C@H]2COc3ccccc3O2)c1. The zero-order valence-electron chi connectivity index (χ0n) is 13.6. The summed E-state index contributed by atoms with van der Waals surface area (Å²) < 4.78 is 21.8. The van der Waals surface area contributed by atoms with Gasteiger partial charge in [0.2, 0.25) is 6.10 Å². The van der Waals surface area contributed by atoms with E-state index in [0.717, 1.165) is 5.56 Å². The third-order valence-corrected chi connectivity index (χ3v) is 3.74. The smallest absolute Gasteiger partial charge is 0.264 e. The predicted octanol–water partition coefficient (Wildman–Crippen LogP) is 2.16. The average molecular weight is 329 g/mol. The average Bonchev–Trinajstić information content (AvgIpc) is 2.65. The summed E-state index contributed by atoms with van der Waals surface area (Å²) in [6.45, 7) is 0.485. The summed E-state index contributed by atoms with van der Waals surface area (Å²) in [5.41, 5.74) is 0.822.